The zero-order valence-electron chi connectivity index (χ0n) is 12.5. The summed E-state index contributed by atoms with van der Waals surface area (Å²) < 4.78 is 5.28. The molecule has 0 aliphatic heterocycles. The van der Waals surface area contributed by atoms with Crippen LogP contribution in [0.4, 0.5) is 5.69 Å². The van der Waals surface area contributed by atoms with Gasteiger partial charge in [0.2, 0.25) is 0 Å². The standard InChI is InChI=1S/C15H24N2O3/c1-4-10-16-13(5-2)7-6-12-11-14(17(18)19)8-9-15(12)20-3/h8-9,11,13,16H,4-7,10H2,1-3H3. The normalized spacial score (nSPS) is 12.2. The highest BCUT2D eigenvalue weighted by Gasteiger charge is 2.13. The Morgan fingerprint density at radius 1 is 1.40 bits per heavy atom. The van der Waals surface area contributed by atoms with Crippen molar-refractivity contribution in [3.8, 4) is 5.75 Å². The Hall–Kier alpha value is -1.62. The smallest absolute Gasteiger partial charge is 0.269 e. The molecule has 1 unspecified atom stereocenters. The number of aryl methyl sites for hydroxylation is 1. The lowest BCUT2D eigenvalue weighted by molar-refractivity contribution is -0.384. The average Bonchev–Trinajstić information content (AvgIpc) is 2.47. The van der Waals surface area contributed by atoms with Crippen molar-refractivity contribution in [3.63, 3.8) is 0 Å². The van der Waals surface area contributed by atoms with Gasteiger partial charge in [-0.05, 0) is 38.3 Å². The molecule has 1 aromatic carbocycles. The number of nitro benzene ring substituents is 1. The Morgan fingerprint density at radius 3 is 2.70 bits per heavy atom. The van der Waals surface area contributed by atoms with Gasteiger partial charge in [-0.3, -0.25) is 10.1 Å². The van der Waals surface area contributed by atoms with Crippen LogP contribution >= 0.6 is 0 Å². The molecule has 0 aliphatic rings. The maximum absolute atomic E-state index is 10.8. The first-order valence-electron chi connectivity index (χ1n) is 7.17. The summed E-state index contributed by atoms with van der Waals surface area (Å²) >= 11 is 0. The molecular weight excluding hydrogens is 256 g/mol. The van der Waals surface area contributed by atoms with Gasteiger partial charge in [0.15, 0.2) is 0 Å². The van der Waals surface area contributed by atoms with E-state index in [1.54, 1.807) is 19.2 Å². The molecule has 0 heterocycles. The number of nitrogens with zero attached hydrogens (tertiary/aromatic N) is 1. The summed E-state index contributed by atoms with van der Waals surface area (Å²) in [6.07, 6.45) is 3.89. The largest absolute Gasteiger partial charge is 0.496 e. The van der Waals surface area contributed by atoms with Crippen molar-refractivity contribution < 1.29 is 9.66 Å². The highest BCUT2D eigenvalue weighted by atomic mass is 16.6. The average molecular weight is 280 g/mol. The van der Waals surface area contributed by atoms with Crippen LogP contribution in [0.2, 0.25) is 0 Å². The zero-order chi connectivity index (χ0) is 15.0. The molecule has 1 aromatic rings. The van der Waals surface area contributed by atoms with Crippen LogP contribution < -0.4 is 10.1 Å². The lowest BCUT2D eigenvalue weighted by Crippen LogP contribution is -2.29. The summed E-state index contributed by atoms with van der Waals surface area (Å²) in [7, 11) is 1.59. The van der Waals surface area contributed by atoms with E-state index in [4.69, 9.17) is 4.74 Å². The molecule has 0 saturated heterocycles. The van der Waals surface area contributed by atoms with Crippen LogP contribution in [0.15, 0.2) is 18.2 Å². The van der Waals surface area contributed by atoms with Crippen molar-refractivity contribution >= 4 is 5.69 Å². The molecule has 1 rings (SSSR count). The van der Waals surface area contributed by atoms with Gasteiger partial charge in [-0.1, -0.05) is 13.8 Å². The third-order valence-electron chi connectivity index (χ3n) is 3.41. The van der Waals surface area contributed by atoms with E-state index in [2.05, 4.69) is 19.2 Å². The minimum atomic E-state index is -0.365. The van der Waals surface area contributed by atoms with Crippen LogP contribution in [0, 0.1) is 10.1 Å². The van der Waals surface area contributed by atoms with Crippen molar-refractivity contribution in [1.29, 1.82) is 0 Å². The Labute approximate surface area is 120 Å². The maximum Gasteiger partial charge on any atom is 0.269 e. The second-order valence-electron chi connectivity index (χ2n) is 4.85. The number of benzene rings is 1. The highest BCUT2D eigenvalue weighted by Crippen LogP contribution is 2.25. The first-order valence-corrected chi connectivity index (χ1v) is 7.17. The highest BCUT2D eigenvalue weighted by molar-refractivity contribution is 5.43. The Kier molecular flexibility index (Phi) is 7.01. The topological polar surface area (TPSA) is 64.4 Å². The minimum absolute atomic E-state index is 0.121. The monoisotopic (exact) mass is 280 g/mol. The third-order valence-corrected chi connectivity index (χ3v) is 3.41. The number of non-ortho nitro benzene ring substituents is 1. The first-order chi connectivity index (χ1) is 9.62. The quantitative estimate of drug-likeness (QED) is 0.556. The maximum atomic E-state index is 10.8. The van der Waals surface area contributed by atoms with E-state index in [0.717, 1.165) is 43.5 Å². The fraction of sp³-hybridized carbons (Fsp3) is 0.600. The molecule has 5 heteroatoms. The summed E-state index contributed by atoms with van der Waals surface area (Å²) in [5.41, 5.74) is 1.02. The van der Waals surface area contributed by atoms with E-state index in [9.17, 15) is 10.1 Å². The van der Waals surface area contributed by atoms with Crippen molar-refractivity contribution in [2.45, 2.75) is 45.6 Å². The zero-order valence-corrected chi connectivity index (χ0v) is 12.5. The molecule has 20 heavy (non-hydrogen) atoms. The van der Waals surface area contributed by atoms with Crippen molar-refractivity contribution in [2.75, 3.05) is 13.7 Å². The molecule has 112 valence electrons. The number of rotatable bonds is 9. The summed E-state index contributed by atoms with van der Waals surface area (Å²) in [5.74, 6) is 0.723. The van der Waals surface area contributed by atoms with E-state index >= 15 is 0 Å². The van der Waals surface area contributed by atoms with Crippen LogP contribution in [0.1, 0.15) is 38.7 Å². The Bertz CT molecular complexity index is 435. The number of methoxy groups -OCH3 is 1. The lowest BCUT2D eigenvalue weighted by atomic mass is 10.0. The molecule has 0 spiro atoms. The number of hydrogen-bond donors (Lipinski definition) is 1. The van der Waals surface area contributed by atoms with Crippen molar-refractivity contribution in [2.24, 2.45) is 0 Å². The molecular formula is C15H24N2O3. The van der Waals surface area contributed by atoms with Gasteiger partial charge >= 0.3 is 0 Å². The SMILES string of the molecule is CCCNC(CC)CCc1cc([N+](=O)[O-])ccc1OC. The lowest BCUT2D eigenvalue weighted by Gasteiger charge is -2.17. The Balaban J connectivity index is 2.73. The summed E-state index contributed by atoms with van der Waals surface area (Å²) in [6, 6.07) is 5.22. The van der Waals surface area contributed by atoms with Crippen molar-refractivity contribution in [1.82, 2.24) is 5.32 Å². The van der Waals surface area contributed by atoms with Gasteiger partial charge in [0, 0.05) is 23.7 Å². The molecule has 5 nitrogen and oxygen atoms in total. The van der Waals surface area contributed by atoms with E-state index in [0.29, 0.717) is 6.04 Å². The summed E-state index contributed by atoms with van der Waals surface area (Å²) in [4.78, 5) is 10.5. The molecule has 0 amide bonds. The van der Waals surface area contributed by atoms with E-state index in [-0.39, 0.29) is 10.6 Å². The second-order valence-corrected chi connectivity index (χ2v) is 4.85. The number of ether oxygens (including phenoxy) is 1. The van der Waals surface area contributed by atoms with Gasteiger partial charge in [0.1, 0.15) is 5.75 Å². The predicted molar refractivity (Wildman–Crippen MR) is 80.3 cm³/mol. The van der Waals surface area contributed by atoms with Crippen LogP contribution in [0.5, 0.6) is 5.75 Å². The fourth-order valence-corrected chi connectivity index (χ4v) is 2.20. The molecule has 0 fully saturated rings. The van der Waals surface area contributed by atoms with Crippen LogP contribution in [0.25, 0.3) is 0 Å². The van der Waals surface area contributed by atoms with E-state index < -0.39 is 0 Å². The number of nitrogens with one attached hydrogen (secondary N) is 1. The van der Waals surface area contributed by atoms with Gasteiger partial charge in [-0.15, -0.1) is 0 Å². The number of nitro groups is 1. The van der Waals surface area contributed by atoms with Gasteiger partial charge < -0.3 is 10.1 Å². The minimum Gasteiger partial charge on any atom is -0.496 e. The van der Waals surface area contributed by atoms with Crippen LogP contribution in [-0.2, 0) is 6.42 Å². The first kappa shape index (κ1) is 16.4. The third kappa shape index (κ3) is 4.81. The fourth-order valence-electron chi connectivity index (χ4n) is 2.20. The molecule has 0 radical (unpaired) electrons. The Morgan fingerprint density at radius 2 is 2.15 bits per heavy atom. The predicted octanol–water partition coefficient (Wildman–Crippen LogP) is 3.31. The molecule has 0 aliphatic carbocycles. The van der Waals surface area contributed by atoms with Gasteiger partial charge in [-0.2, -0.15) is 0 Å². The van der Waals surface area contributed by atoms with Crippen molar-refractivity contribution in [3.05, 3.63) is 33.9 Å². The molecule has 1 N–H and O–H groups in total. The second kappa shape index (κ2) is 8.53. The molecule has 0 aromatic heterocycles. The summed E-state index contributed by atoms with van der Waals surface area (Å²) in [6.45, 7) is 5.30. The number of hydrogen-bond acceptors (Lipinski definition) is 4. The van der Waals surface area contributed by atoms with E-state index in [1.807, 2.05) is 0 Å². The van der Waals surface area contributed by atoms with Gasteiger partial charge in [-0.25, -0.2) is 0 Å². The molecule has 1 atom stereocenters. The summed E-state index contributed by atoms with van der Waals surface area (Å²) in [5, 5.41) is 14.3. The van der Waals surface area contributed by atoms with Crippen LogP contribution in [-0.4, -0.2) is 24.6 Å². The van der Waals surface area contributed by atoms with Crippen LogP contribution in [0.3, 0.4) is 0 Å². The molecule has 0 saturated carbocycles. The molecule has 0 bridgehead atoms. The van der Waals surface area contributed by atoms with E-state index in [1.165, 1.54) is 6.07 Å². The van der Waals surface area contributed by atoms with Gasteiger partial charge in [0.05, 0.1) is 12.0 Å². The van der Waals surface area contributed by atoms with Gasteiger partial charge in [0.25, 0.3) is 5.69 Å².